The zero-order valence-corrected chi connectivity index (χ0v) is 20.2. The van der Waals surface area contributed by atoms with Gasteiger partial charge >= 0.3 is 6.18 Å². The van der Waals surface area contributed by atoms with Crippen LogP contribution < -0.4 is 0 Å². The fourth-order valence-corrected chi connectivity index (χ4v) is 4.80. The van der Waals surface area contributed by atoms with Crippen molar-refractivity contribution in [2.45, 2.75) is 49.8 Å². The molecule has 0 amide bonds. The summed E-state index contributed by atoms with van der Waals surface area (Å²) in [5.74, 6) is -1.90. The van der Waals surface area contributed by atoms with Gasteiger partial charge in [0.2, 0.25) is 0 Å². The molecule has 3 heterocycles. The fraction of sp³-hybridized carbons (Fsp3) is 0.391. The van der Waals surface area contributed by atoms with Gasteiger partial charge in [-0.3, -0.25) is 0 Å². The van der Waals surface area contributed by atoms with Gasteiger partial charge in [0.1, 0.15) is 35.5 Å². The Morgan fingerprint density at radius 2 is 1.95 bits per heavy atom. The van der Waals surface area contributed by atoms with Crippen molar-refractivity contribution < 1.29 is 36.9 Å². The molecule has 0 spiro atoms. The molecule has 38 heavy (non-hydrogen) atoms. The molecule has 2 aromatic carbocycles. The number of benzene rings is 2. The second-order valence-electron chi connectivity index (χ2n) is 8.67. The molecule has 5 rings (SSSR count). The van der Waals surface area contributed by atoms with Crippen molar-refractivity contribution in [3.63, 3.8) is 0 Å². The minimum absolute atomic E-state index is 0.00653. The Labute approximate surface area is 217 Å². The van der Waals surface area contributed by atoms with Gasteiger partial charge in [-0.2, -0.15) is 18.3 Å². The summed E-state index contributed by atoms with van der Waals surface area (Å²) in [6.07, 6.45) is -10.9. The third kappa shape index (κ3) is 4.82. The quantitative estimate of drug-likeness (QED) is 0.210. The van der Waals surface area contributed by atoms with Crippen LogP contribution >= 0.6 is 11.6 Å². The molecular weight excluding hydrogens is 536 g/mol. The first-order chi connectivity index (χ1) is 18.1. The van der Waals surface area contributed by atoms with Crippen molar-refractivity contribution in [3.05, 3.63) is 86.5 Å². The standard InChI is InChI=1S/C23H19ClF4N6O4/c1-10-30-21(34(32-10)14-8-12(24)7-13(25)16(14)23(26,27)28)20-18(35)17(31-33-29)19-15(37-20)9-36-22(38-19)11-5-3-2-4-6-11/h2-8,15,17-20,22,35H,9H2,1H3/t15?,17?,18?,19-,20+,22?/m0/s1. The van der Waals surface area contributed by atoms with E-state index in [-0.39, 0.29) is 23.3 Å². The lowest BCUT2D eigenvalue weighted by atomic mass is 9.91. The maximum atomic E-state index is 14.5. The number of aliphatic hydroxyl groups is 1. The highest BCUT2D eigenvalue weighted by Crippen LogP contribution is 2.42. The van der Waals surface area contributed by atoms with E-state index in [0.29, 0.717) is 16.3 Å². The number of fused-ring (bicyclic) bond motifs is 1. The molecule has 200 valence electrons. The van der Waals surface area contributed by atoms with Gasteiger partial charge in [0.25, 0.3) is 0 Å². The topological polar surface area (TPSA) is 127 Å². The van der Waals surface area contributed by atoms with Gasteiger partial charge in [-0.25, -0.2) is 14.1 Å². The van der Waals surface area contributed by atoms with E-state index >= 15 is 0 Å². The number of alkyl halides is 3. The fourth-order valence-electron chi connectivity index (χ4n) is 4.60. The van der Waals surface area contributed by atoms with Gasteiger partial charge in [-0.15, -0.1) is 0 Å². The maximum absolute atomic E-state index is 14.5. The number of halogens is 5. The molecule has 4 unspecified atom stereocenters. The van der Waals surface area contributed by atoms with Crippen LogP contribution in [0.4, 0.5) is 17.6 Å². The molecule has 1 aromatic heterocycles. The SMILES string of the molecule is Cc1nc([C@@H]2OC3COC(c4ccccc4)O[C@@H]3C(N=[N+]=[N-])C2O)n(-c2cc(Cl)cc(F)c2C(F)(F)F)n1. The van der Waals surface area contributed by atoms with Gasteiger partial charge in [0.05, 0.1) is 24.4 Å². The van der Waals surface area contributed by atoms with Gasteiger partial charge in [-0.05, 0) is 24.6 Å². The van der Waals surface area contributed by atoms with Crippen LogP contribution in [0.3, 0.4) is 0 Å². The number of hydrogen-bond acceptors (Lipinski definition) is 7. The second kappa shape index (κ2) is 10.1. The number of rotatable bonds is 4. The molecule has 15 heteroatoms. The first-order valence-electron chi connectivity index (χ1n) is 11.3. The van der Waals surface area contributed by atoms with Crippen molar-refractivity contribution in [1.82, 2.24) is 14.8 Å². The number of nitrogens with zero attached hydrogens (tertiary/aromatic N) is 6. The van der Waals surface area contributed by atoms with E-state index in [1.54, 1.807) is 24.3 Å². The van der Waals surface area contributed by atoms with Crippen LogP contribution in [0.25, 0.3) is 16.1 Å². The third-order valence-corrected chi connectivity index (χ3v) is 6.39. The molecule has 0 aliphatic carbocycles. The van der Waals surface area contributed by atoms with Gasteiger partial charge in [0, 0.05) is 15.5 Å². The Hall–Kier alpha value is -3.26. The summed E-state index contributed by atoms with van der Waals surface area (Å²) in [6, 6.07) is 9.09. The second-order valence-corrected chi connectivity index (χ2v) is 9.10. The van der Waals surface area contributed by atoms with Crippen LogP contribution in [0.15, 0.2) is 47.6 Å². The largest absolute Gasteiger partial charge is 0.421 e. The summed E-state index contributed by atoms with van der Waals surface area (Å²) in [5, 5.41) is 18.6. The van der Waals surface area contributed by atoms with E-state index in [9.17, 15) is 28.2 Å². The van der Waals surface area contributed by atoms with Crippen molar-refractivity contribution in [2.75, 3.05) is 6.61 Å². The lowest BCUT2D eigenvalue weighted by Gasteiger charge is -2.46. The van der Waals surface area contributed by atoms with Crippen molar-refractivity contribution in [3.8, 4) is 5.69 Å². The average Bonchev–Trinajstić information content (AvgIpc) is 3.25. The van der Waals surface area contributed by atoms with Crippen molar-refractivity contribution in [1.29, 1.82) is 0 Å². The first-order valence-corrected chi connectivity index (χ1v) is 11.7. The Bertz CT molecular complexity index is 1380. The maximum Gasteiger partial charge on any atom is 0.421 e. The molecule has 0 radical (unpaired) electrons. The number of hydrogen-bond donors (Lipinski definition) is 1. The molecule has 1 N–H and O–H groups in total. The summed E-state index contributed by atoms with van der Waals surface area (Å²) < 4.78 is 74.4. The molecule has 2 aliphatic heterocycles. The van der Waals surface area contributed by atoms with Crippen molar-refractivity contribution >= 4 is 11.6 Å². The van der Waals surface area contributed by atoms with Gasteiger partial charge < -0.3 is 19.3 Å². The highest BCUT2D eigenvalue weighted by atomic mass is 35.5. The normalized spacial score (nSPS) is 27.4. The average molecular weight is 555 g/mol. The summed E-state index contributed by atoms with van der Waals surface area (Å²) in [6.45, 7) is 1.34. The molecule has 2 fully saturated rings. The van der Waals surface area contributed by atoms with E-state index in [0.717, 1.165) is 6.07 Å². The number of aliphatic hydroxyl groups excluding tert-OH is 1. The summed E-state index contributed by atoms with van der Waals surface area (Å²) in [5.41, 5.74) is 7.50. The highest BCUT2D eigenvalue weighted by molar-refractivity contribution is 6.30. The molecule has 10 nitrogen and oxygen atoms in total. The van der Waals surface area contributed by atoms with E-state index in [1.165, 1.54) is 6.92 Å². The zero-order chi connectivity index (χ0) is 27.2. The van der Waals surface area contributed by atoms with E-state index in [1.807, 2.05) is 6.07 Å². The lowest BCUT2D eigenvalue weighted by molar-refractivity contribution is -0.309. The van der Waals surface area contributed by atoms with E-state index < -0.39 is 60.0 Å². The van der Waals surface area contributed by atoms with Crippen LogP contribution in [-0.4, -0.2) is 50.8 Å². The molecule has 2 saturated heterocycles. The minimum atomic E-state index is -5.11. The molecule has 0 bridgehead atoms. The predicted octanol–water partition coefficient (Wildman–Crippen LogP) is 4.98. The Morgan fingerprint density at radius 1 is 1.21 bits per heavy atom. The Balaban J connectivity index is 1.55. The van der Waals surface area contributed by atoms with Crippen LogP contribution in [0.2, 0.25) is 5.02 Å². The zero-order valence-electron chi connectivity index (χ0n) is 19.5. The highest BCUT2D eigenvalue weighted by Gasteiger charge is 2.51. The number of aryl methyl sites for hydroxylation is 1. The minimum Gasteiger partial charge on any atom is -0.389 e. The number of aromatic nitrogens is 3. The Morgan fingerprint density at radius 3 is 2.63 bits per heavy atom. The van der Waals surface area contributed by atoms with Crippen LogP contribution in [0.5, 0.6) is 0 Å². The van der Waals surface area contributed by atoms with E-state index in [4.69, 9.17) is 25.8 Å². The number of azide groups is 1. The van der Waals surface area contributed by atoms with Gasteiger partial charge in [0.15, 0.2) is 12.1 Å². The monoisotopic (exact) mass is 554 g/mol. The molecule has 2 aliphatic rings. The first kappa shape index (κ1) is 26.4. The predicted molar refractivity (Wildman–Crippen MR) is 123 cm³/mol. The Kier molecular flexibility index (Phi) is 7.03. The van der Waals surface area contributed by atoms with Crippen LogP contribution in [0, 0.1) is 12.7 Å². The molecular formula is C23H19ClF4N6O4. The lowest BCUT2D eigenvalue weighted by Crippen LogP contribution is -2.58. The summed E-state index contributed by atoms with van der Waals surface area (Å²) in [7, 11) is 0. The third-order valence-electron chi connectivity index (χ3n) is 6.17. The summed E-state index contributed by atoms with van der Waals surface area (Å²) >= 11 is 5.88. The molecule has 6 atom stereocenters. The molecule has 0 saturated carbocycles. The summed E-state index contributed by atoms with van der Waals surface area (Å²) in [4.78, 5) is 6.97. The van der Waals surface area contributed by atoms with E-state index in [2.05, 4.69) is 20.1 Å². The smallest absolute Gasteiger partial charge is 0.389 e. The number of ether oxygens (including phenoxy) is 3. The van der Waals surface area contributed by atoms with Crippen LogP contribution in [-0.2, 0) is 20.4 Å². The van der Waals surface area contributed by atoms with Crippen LogP contribution in [0.1, 0.15) is 35.2 Å². The van der Waals surface area contributed by atoms with Gasteiger partial charge in [-0.1, -0.05) is 47.0 Å². The van der Waals surface area contributed by atoms with Crippen molar-refractivity contribution in [2.24, 2.45) is 5.11 Å². The molecule has 3 aromatic rings.